The van der Waals surface area contributed by atoms with E-state index < -0.39 is 0 Å². The van der Waals surface area contributed by atoms with E-state index in [9.17, 15) is 5.11 Å². The maximum Gasteiger partial charge on any atom is 0.0900 e. The number of likely N-dealkylation sites (tertiary alicyclic amines) is 1. The van der Waals surface area contributed by atoms with Crippen LogP contribution in [0.3, 0.4) is 0 Å². The van der Waals surface area contributed by atoms with Gasteiger partial charge in [-0.15, -0.1) is 0 Å². The van der Waals surface area contributed by atoms with Crippen molar-refractivity contribution in [3.05, 3.63) is 0 Å². The van der Waals surface area contributed by atoms with Crippen LogP contribution in [0, 0.1) is 0 Å². The molecule has 0 aromatic heterocycles. The van der Waals surface area contributed by atoms with Crippen molar-refractivity contribution in [3.63, 3.8) is 0 Å². The number of aliphatic hydroxyl groups is 1. The van der Waals surface area contributed by atoms with Gasteiger partial charge >= 0.3 is 0 Å². The number of hydrogen-bond donors (Lipinski definition) is 2. The first-order valence-corrected chi connectivity index (χ1v) is 5.41. The Balaban J connectivity index is 2.12. The van der Waals surface area contributed by atoms with Gasteiger partial charge in [-0.2, -0.15) is 0 Å². The molecule has 2 atom stereocenters. The maximum atomic E-state index is 9.61. The monoisotopic (exact) mass is 202 g/mol. The van der Waals surface area contributed by atoms with Crippen LogP contribution in [0.25, 0.3) is 0 Å². The van der Waals surface area contributed by atoms with Crippen molar-refractivity contribution >= 4 is 0 Å². The van der Waals surface area contributed by atoms with Gasteiger partial charge < -0.3 is 15.2 Å². The second-order valence-corrected chi connectivity index (χ2v) is 3.85. The Morgan fingerprint density at radius 2 is 2.43 bits per heavy atom. The van der Waals surface area contributed by atoms with E-state index in [1.807, 2.05) is 14.0 Å². The standard InChI is InChI=1S/C10H22N2O2/c1-3-14-8-10(13)7-12-5-4-9(6-12)11-2/h9-11,13H,3-8H2,1-2H3. The molecule has 1 saturated heterocycles. The number of β-amino-alcohol motifs (C(OH)–C–C–N with tert-alkyl or cyclic N) is 1. The summed E-state index contributed by atoms with van der Waals surface area (Å²) in [6.07, 6.45) is 0.836. The highest BCUT2D eigenvalue weighted by atomic mass is 16.5. The van der Waals surface area contributed by atoms with Crippen LogP contribution in [-0.4, -0.2) is 62.0 Å². The Morgan fingerprint density at radius 1 is 1.64 bits per heavy atom. The van der Waals surface area contributed by atoms with Crippen molar-refractivity contribution < 1.29 is 9.84 Å². The number of nitrogens with one attached hydrogen (secondary N) is 1. The molecular formula is C10H22N2O2. The molecular weight excluding hydrogens is 180 g/mol. The first-order chi connectivity index (χ1) is 6.76. The largest absolute Gasteiger partial charge is 0.389 e. The topological polar surface area (TPSA) is 44.7 Å². The predicted octanol–water partition coefficient (Wildman–Crippen LogP) is -0.322. The SMILES string of the molecule is CCOCC(O)CN1CCC(NC)C1. The van der Waals surface area contributed by atoms with Crippen LogP contribution in [-0.2, 0) is 4.74 Å². The minimum atomic E-state index is -0.342. The van der Waals surface area contributed by atoms with E-state index in [2.05, 4.69) is 10.2 Å². The van der Waals surface area contributed by atoms with Gasteiger partial charge in [-0.1, -0.05) is 0 Å². The zero-order chi connectivity index (χ0) is 10.4. The lowest BCUT2D eigenvalue weighted by molar-refractivity contribution is 0.0249. The van der Waals surface area contributed by atoms with Gasteiger partial charge in [0.2, 0.25) is 0 Å². The number of rotatable bonds is 6. The van der Waals surface area contributed by atoms with E-state index in [1.54, 1.807) is 0 Å². The quantitative estimate of drug-likeness (QED) is 0.619. The number of ether oxygens (including phenoxy) is 1. The van der Waals surface area contributed by atoms with E-state index >= 15 is 0 Å². The molecule has 4 heteroatoms. The molecule has 0 spiro atoms. The molecule has 14 heavy (non-hydrogen) atoms. The zero-order valence-corrected chi connectivity index (χ0v) is 9.20. The third-order valence-corrected chi connectivity index (χ3v) is 2.66. The van der Waals surface area contributed by atoms with Gasteiger partial charge in [-0.3, -0.25) is 4.90 Å². The average Bonchev–Trinajstić information content (AvgIpc) is 2.62. The fourth-order valence-electron chi connectivity index (χ4n) is 1.84. The molecule has 4 nitrogen and oxygen atoms in total. The highest BCUT2D eigenvalue weighted by molar-refractivity contribution is 4.80. The van der Waals surface area contributed by atoms with E-state index in [4.69, 9.17) is 4.74 Å². The Hall–Kier alpha value is -0.160. The summed E-state index contributed by atoms with van der Waals surface area (Å²) in [6, 6.07) is 0.592. The van der Waals surface area contributed by atoms with Gasteiger partial charge in [0, 0.05) is 25.7 Å². The Kier molecular flexibility index (Phi) is 5.40. The molecule has 1 fully saturated rings. The Bertz CT molecular complexity index is 155. The first kappa shape index (κ1) is 11.9. The molecule has 0 aromatic carbocycles. The number of nitrogens with zero attached hydrogens (tertiary/aromatic N) is 1. The minimum Gasteiger partial charge on any atom is -0.389 e. The summed E-state index contributed by atoms with van der Waals surface area (Å²) in [7, 11) is 1.99. The number of aliphatic hydroxyl groups excluding tert-OH is 1. The maximum absolute atomic E-state index is 9.61. The van der Waals surface area contributed by atoms with E-state index in [1.165, 1.54) is 6.42 Å². The van der Waals surface area contributed by atoms with Gasteiger partial charge in [-0.05, 0) is 26.9 Å². The summed E-state index contributed by atoms with van der Waals surface area (Å²) in [6.45, 7) is 5.93. The van der Waals surface area contributed by atoms with Crippen molar-refractivity contribution in [2.24, 2.45) is 0 Å². The Labute approximate surface area is 86.2 Å². The van der Waals surface area contributed by atoms with Gasteiger partial charge in [-0.25, -0.2) is 0 Å². The smallest absolute Gasteiger partial charge is 0.0900 e. The average molecular weight is 202 g/mol. The van der Waals surface area contributed by atoms with Crippen molar-refractivity contribution in [1.29, 1.82) is 0 Å². The molecule has 0 saturated carbocycles. The Morgan fingerprint density at radius 3 is 3.00 bits per heavy atom. The van der Waals surface area contributed by atoms with Crippen LogP contribution < -0.4 is 5.32 Å². The van der Waals surface area contributed by atoms with Crippen molar-refractivity contribution in [1.82, 2.24) is 10.2 Å². The summed E-state index contributed by atoms with van der Waals surface area (Å²) in [4.78, 5) is 2.28. The van der Waals surface area contributed by atoms with Gasteiger partial charge in [0.05, 0.1) is 12.7 Å². The molecule has 0 aromatic rings. The van der Waals surface area contributed by atoms with Crippen LogP contribution in [0.15, 0.2) is 0 Å². The van der Waals surface area contributed by atoms with E-state index in [0.717, 1.165) is 19.6 Å². The summed E-state index contributed by atoms with van der Waals surface area (Å²) in [5.74, 6) is 0. The summed E-state index contributed by atoms with van der Waals surface area (Å²) >= 11 is 0. The summed E-state index contributed by atoms with van der Waals surface area (Å²) < 4.78 is 5.17. The molecule has 84 valence electrons. The molecule has 1 heterocycles. The van der Waals surface area contributed by atoms with Gasteiger partial charge in [0.25, 0.3) is 0 Å². The molecule has 2 unspecified atom stereocenters. The fourth-order valence-corrected chi connectivity index (χ4v) is 1.84. The summed E-state index contributed by atoms with van der Waals surface area (Å²) in [5, 5.41) is 12.9. The molecule has 2 N–H and O–H groups in total. The highest BCUT2D eigenvalue weighted by Crippen LogP contribution is 2.08. The van der Waals surface area contributed by atoms with Gasteiger partial charge in [0.1, 0.15) is 0 Å². The van der Waals surface area contributed by atoms with Crippen LogP contribution >= 0.6 is 0 Å². The highest BCUT2D eigenvalue weighted by Gasteiger charge is 2.22. The molecule has 0 aliphatic carbocycles. The van der Waals surface area contributed by atoms with Crippen molar-refractivity contribution in [3.8, 4) is 0 Å². The van der Waals surface area contributed by atoms with E-state index in [0.29, 0.717) is 19.3 Å². The van der Waals surface area contributed by atoms with Crippen LogP contribution in [0.4, 0.5) is 0 Å². The lowest BCUT2D eigenvalue weighted by Crippen LogP contribution is -2.36. The van der Waals surface area contributed by atoms with Crippen molar-refractivity contribution in [2.45, 2.75) is 25.5 Å². The molecule has 1 rings (SSSR count). The normalized spacial score (nSPS) is 25.5. The van der Waals surface area contributed by atoms with Crippen LogP contribution in [0.1, 0.15) is 13.3 Å². The zero-order valence-electron chi connectivity index (χ0n) is 9.20. The van der Waals surface area contributed by atoms with Gasteiger partial charge in [0.15, 0.2) is 0 Å². The predicted molar refractivity (Wildman–Crippen MR) is 56.4 cm³/mol. The fraction of sp³-hybridized carbons (Fsp3) is 1.00. The third-order valence-electron chi connectivity index (χ3n) is 2.66. The number of likely N-dealkylation sites (N-methyl/N-ethyl adjacent to an activating group) is 1. The second kappa shape index (κ2) is 6.35. The van der Waals surface area contributed by atoms with E-state index in [-0.39, 0.29) is 6.10 Å². The third kappa shape index (κ3) is 3.92. The first-order valence-electron chi connectivity index (χ1n) is 5.41. The molecule has 1 aliphatic rings. The lowest BCUT2D eigenvalue weighted by Gasteiger charge is -2.19. The molecule has 1 aliphatic heterocycles. The minimum absolute atomic E-state index is 0.342. The van der Waals surface area contributed by atoms with Crippen LogP contribution in [0.2, 0.25) is 0 Å². The lowest BCUT2D eigenvalue weighted by atomic mass is 10.3. The van der Waals surface area contributed by atoms with Crippen LogP contribution in [0.5, 0.6) is 0 Å². The van der Waals surface area contributed by atoms with Crippen molar-refractivity contribution in [2.75, 3.05) is 39.9 Å². The molecule has 0 amide bonds. The molecule has 0 radical (unpaired) electrons. The second-order valence-electron chi connectivity index (χ2n) is 3.85. The summed E-state index contributed by atoms with van der Waals surface area (Å²) in [5.41, 5.74) is 0. The molecule has 0 bridgehead atoms. The number of hydrogen-bond acceptors (Lipinski definition) is 4.